The Morgan fingerprint density at radius 1 is 0.761 bits per heavy atom. The van der Waals surface area contributed by atoms with Gasteiger partial charge in [0, 0.05) is 36.7 Å². The molecule has 354 valence electrons. The molecule has 2 saturated heterocycles. The number of aliphatic hydroxyl groups excluding tert-OH is 1. The molecule has 4 N–H and O–H groups in total. The first-order valence-electron chi connectivity index (χ1n) is 23.9. The minimum Gasteiger partial charge on any atom is -0.392 e. The number of piperidine rings is 1. The van der Waals surface area contributed by atoms with E-state index in [-0.39, 0.29) is 54.2 Å². The molecule has 1 aliphatic carbocycles. The van der Waals surface area contributed by atoms with Crippen molar-refractivity contribution >= 4 is 21.8 Å². The van der Waals surface area contributed by atoms with Gasteiger partial charge < -0.3 is 25.2 Å². The SMILES string of the molecule is Cc1ccc(S(=O)(=O)NC(Cc2ccccc2)C(=O)NCc2cccc(-c3cccc(C4OC(CN5C(C(=O)NC(C)(C)C)CCC6CCCCC65)CC(c5ccc(CO)cc5)O4)c3)c2)cc1. The van der Waals surface area contributed by atoms with E-state index in [0.29, 0.717) is 24.9 Å². The Balaban J connectivity index is 1.01. The highest BCUT2D eigenvalue weighted by Crippen LogP contribution is 2.42. The first-order valence-corrected chi connectivity index (χ1v) is 25.4. The molecular formula is C55H66N4O7S. The number of carbonyl (C=O) groups excluding carboxylic acids is 2. The lowest BCUT2D eigenvalue weighted by Crippen LogP contribution is -2.61. The molecule has 12 heteroatoms. The summed E-state index contributed by atoms with van der Waals surface area (Å²) in [6.07, 6.45) is 6.14. The van der Waals surface area contributed by atoms with Gasteiger partial charge in [0.05, 0.1) is 29.8 Å². The number of hydrogen-bond acceptors (Lipinski definition) is 8. The quantitative estimate of drug-likeness (QED) is 0.0815. The summed E-state index contributed by atoms with van der Waals surface area (Å²) >= 11 is 0. The second-order valence-corrected chi connectivity index (χ2v) is 21.4. The van der Waals surface area contributed by atoms with Crippen molar-refractivity contribution in [2.75, 3.05) is 6.54 Å². The molecule has 5 aromatic carbocycles. The highest BCUT2D eigenvalue weighted by atomic mass is 32.2. The average molecular weight is 927 g/mol. The second kappa shape index (κ2) is 21.4. The fourth-order valence-electron chi connectivity index (χ4n) is 10.0. The molecule has 3 fully saturated rings. The number of aliphatic hydroxyl groups is 1. The highest BCUT2D eigenvalue weighted by molar-refractivity contribution is 7.89. The van der Waals surface area contributed by atoms with Crippen molar-refractivity contribution in [3.05, 3.63) is 161 Å². The summed E-state index contributed by atoms with van der Waals surface area (Å²) in [6, 6.07) is 39.0. The standard InChI is InChI=1S/C55H66N4O7S/c1-37-20-27-47(28-21-37)67(63,64)58-48(31-38-12-6-5-7-13-38)52(61)56-34-40-14-10-16-43(30-40)44-17-11-18-45(32-44)54-65-46(33-51(66-54)42-24-22-39(36-60)23-25-42)35-59-49-19-9-8-15-41(49)26-29-50(59)53(62)57-55(2,3)4/h5-7,10-14,16-18,20-25,27-28,30,32,41,46,48-51,54,58,60H,8-9,15,19,26,29,31,33-36H2,1-4H3,(H,56,61)(H,57,62). The van der Waals surface area contributed by atoms with Gasteiger partial charge in [0.1, 0.15) is 6.04 Å². The molecule has 67 heavy (non-hydrogen) atoms. The van der Waals surface area contributed by atoms with Gasteiger partial charge in [-0.05, 0) is 123 Å². The van der Waals surface area contributed by atoms with Crippen LogP contribution in [0.1, 0.15) is 111 Å². The second-order valence-electron chi connectivity index (χ2n) is 19.7. The Kier molecular flexibility index (Phi) is 15.4. The van der Waals surface area contributed by atoms with E-state index in [9.17, 15) is 23.1 Å². The molecule has 0 aromatic heterocycles. The minimum absolute atomic E-state index is 0.0408. The number of ether oxygens (including phenoxy) is 2. The van der Waals surface area contributed by atoms with Crippen LogP contribution < -0.4 is 15.4 Å². The van der Waals surface area contributed by atoms with E-state index in [1.165, 1.54) is 12.8 Å². The van der Waals surface area contributed by atoms with Gasteiger partial charge >= 0.3 is 0 Å². The maximum atomic E-state index is 14.0. The van der Waals surface area contributed by atoms with Gasteiger partial charge in [-0.15, -0.1) is 0 Å². The van der Waals surface area contributed by atoms with Gasteiger partial charge in [-0.3, -0.25) is 14.5 Å². The normalized spacial score (nSPS) is 22.9. The predicted octanol–water partition coefficient (Wildman–Crippen LogP) is 8.84. The maximum Gasteiger partial charge on any atom is 0.241 e. The number of fused-ring (bicyclic) bond motifs is 1. The molecule has 8 rings (SSSR count). The summed E-state index contributed by atoms with van der Waals surface area (Å²) < 4.78 is 43.4. The number of carbonyl (C=O) groups is 2. The number of nitrogens with one attached hydrogen (secondary N) is 3. The molecule has 2 amide bonds. The molecule has 2 aliphatic heterocycles. The van der Waals surface area contributed by atoms with Gasteiger partial charge in [-0.1, -0.05) is 122 Å². The molecule has 7 unspecified atom stereocenters. The number of amides is 2. The van der Waals surface area contributed by atoms with E-state index in [1.807, 2.05) is 125 Å². The Bertz CT molecular complexity index is 2560. The first kappa shape index (κ1) is 48.3. The third kappa shape index (κ3) is 12.5. The fourth-order valence-corrected chi connectivity index (χ4v) is 11.2. The monoisotopic (exact) mass is 926 g/mol. The van der Waals surface area contributed by atoms with Crippen LogP contribution in [-0.4, -0.2) is 66.6 Å². The van der Waals surface area contributed by atoms with Gasteiger partial charge in [-0.25, -0.2) is 8.42 Å². The first-order chi connectivity index (χ1) is 32.2. The molecule has 5 aromatic rings. The summed E-state index contributed by atoms with van der Waals surface area (Å²) in [4.78, 5) is 30.4. The molecule has 0 spiro atoms. The minimum atomic E-state index is -3.99. The number of rotatable bonds is 15. The molecule has 0 bridgehead atoms. The summed E-state index contributed by atoms with van der Waals surface area (Å²) in [5, 5.41) is 16.1. The van der Waals surface area contributed by atoms with E-state index >= 15 is 0 Å². The van der Waals surface area contributed by atoms with E-state index in [2.05, 4.69) is 26.3 Å². The van der Waals surface area contributed by atoms with Crippen molar-refractivity contribution in [1.29, 1.82) is 0 Å². The third-order valence-corrected chi connectivity index (χ3v) is 14.9. The Morgan fingerprint density at radius 2 is 1.46 bits per heavy atom. The van der Waals surface area contributed by atoms with Crippen LogP contribution in [0.25, 0.3) is 11.1 Å². The van der Waals surface area contributed by atoms with Crippen molar-refractivity contribution in [1.82, 2.24) is 20.3 Å². The molecule has 3 aliphatic rings. The molecule has 0 radical (unpaired) electrons. The van der Waals surface area contributed by atoms with Crippen molar-refractivity contribution < 1.29 is 32.6 Å². The van der Waals surface area contributed by atoms with Crippen LogP contribution in [0.5, 0.6) is 0 Å². The van der Waals surface area contributed by atoms with Crippen LogP contribution in [0.2, 0.25) is 0 Å². The number of sulfonamides is 1. The molecular weight excluding hydrogens is 861 g/mol. The number of nitrogens with zero attached hydrogens (tertiary/aromatic N) is 1. The van der Waals surface area contributed by atoms with Crippen molar-refractivity contribution in [2.45, 2.75) is 139 Å². The summed E-state index contributed by atoms with van der Waals surface area (Å²) in [6.45, 7) is 8.75. The van der Waals surface area contributed by atoms with E-state index in [4.69, 9.17) is 9.47 Å². The van der Waals surface area contributed by atoms with Crippen molar-refractivity contribution in [3.63, 3.8) is 0 Å². The van der Waals surface area contributed by atoms with Gasteiger partial charge in [-0.2, -0.15) is 4.72 Å². The molecule has 1 saturated carbocycles. The van der Waals surface area contributed by atoms with Crippen molar-refractivity contribution in [3.8, 4) is 11.1 Å². The van der Waals surface area contributed by atoms with Crippen molar-refractivity contribution in [2.24, 2.45) is 5.92 Å². The zero-order chi connectivity index (χ0) is 47.1. The lowest BCUT2D eigenvalue weighted by molar-refractivity contribution is -0.255. The number of aryl methyl sites for hydroxylation is 1. The average Bonchev–Trinajstić information content (AvgIpc) is 3.33. The molecule has 7 atom stereocenters. The molecule has 11 nitrogen and oxygen atoms in total. The van der Waals surface area contributed by atoms with Gasteiger partial charge in [0.15, 0.2) is 6.29 Å². The zero-order valence-electron chi connectivity index (χ0n) is 39.2. The van der Waals surface area contributed by atoms with E-state index in [1.54, 1.807) is 24.3 Å². The molecule has 2 heterocycles. The summed E-state index contributed by atoms with van der Waals surface area (Å²) in [7, 11) is -3.99. The van der Waals surface area contributed by atoms with Crippen LogP contribution >= 0.6 is 0 Å². The van der Waals surface area contributed by atoms with Crippen LogP contribution in [-0.2, 0) is 48.7 Å². The fraction of sp³-hybridized carbons (Fsp3) is 0.418. The number of likely N-dealkylation sites (tertiary alicyclic amines) is 1. The summed E-state index contributed by atoms with van der Waals surface area (Å²) in [5.74, 6) is 0.220. The van der Waals surface area contributed by atoms with Crippen LogP contribution in [0.15, 0.2) is 132 Å². The highest BCUT2D eigenvalue weighted by Gasteiger charge is 2.44. The Morgan fingerprint density at radius 3 is 2.19 bits per heavy atom. The summed E-state index contributed by atoms with van der Waals surface area (Å²) in [5.41, 5.74) is 6.84. The zero-order valence-corrected chi connectivity index (χ0v) is 40.0. The Hall–Kier alpha value is -5.21. The van der Waals surface area contributed by atoms with Crippen LogP contribution in [0.3, 0.4) is 0 Å². The lowest BCUT2D eigenvalue weighted by atomic mass is 9.75. The largest absolute Gasteiger partial charge is 0.392 e. The lowest BCUT2D eigenvalue weighted by Gasteiger charge is -2.50. The topological polar surface area (TPSA) is 146 Å². The van der Waals surface area contributed by atoms with Gasteiger partial charge in [0.2, 0.25) is 21.8 Å². The van der Waals surface area contributed by atoms with Crippen LogP contribution in [0.4, 0.5) is 0 Å². The van der Waals surface area contributed by atoms with E-state index in [0.717, 1.165) is 70.2 Å². The Labute approximate surface area is 396 Å². The maximum absolute atomic E-state index is 14.0. The smallest absolute Gasteiger partial charge is 0.241 e. The predicted molar refractivity (Wildman–Crippen MR) is 261 cm³/mol. The number of hydrogen-bond donors (Lipinski definition) is 4. The van der Waals surface area contributed by atoms with Crippen LogP contribution in [0, 0.1) is 12.8 Å². The van der Waals surface area contributed by atoms with Gasteiger partial charge in [0.25, 0.3) is 0 Å². The number of benzene rings is 5. The van der Waals surface area contributed by atoms with E-state index < -0.39 is 28.3 Å². The third-order valence-electron chi connectivity index (χ3n) is 13.5.